The summed E-state index contributed by atoms with van der Waals surface area (Å²) in [5, 5.41) is 6.83. The molecule has 0 aliphatic carbocycles. The number of hydrogen-bond donors (Lipinski definition) is 2. The quantitative estimate of drug-likeness (QED) is 0.427. The number of nitrogens with one attached hydrogen (secondary N) is 2. The van der Waals surface area contributed by atoms with Gasteiger partial charge in [-0.3, -0.25) is 4.79 Å². The molecule has 5 nitrogen and oxygen atoms in total. The number of pyridine rings is 1. The topological polar surface area (TPSA) is 58.4 Å². The molecule has 0 aliphatic heterocycles. The minimum Gasteiger partial charge on any atom is -0.357 e. The van der Waals surface area contributed by atoms with Crippen LogP contribution in [0.5, 0.6) is 0 Å². The highest BCUT2D eigenvalue weighted by atomic mass is 32.1. The van der Waals surface area contributed by atoms with Crippen LogP contribution in [0.2, 0.25) is 0 Å². The molecule has 3 rings (SSSR count). The second-order valence-electron chi connectivity index (χ2n) is 7.44. The van der Waals surface area contributed by atoms with Gasteiger partial charge in [0.25, 0.3) is 5.56 Å². The first-order valence-electron chi connectivity index (χ1n) is 10.4. The van der Waals surface area contributed by atoms with Gasteiger partial charge < -0.3 is 15.2 Å². The van der Waals surface area contributed by atoms with Crippen molar-refractivity contribution in [3.05, 3.63) is 92.0 Å². The van der Waals surface area contributed by atoms with Crippen molar-refractivity contribution >= 4 is 17.3 Å². The first-order chi connectivity index (χ1) is 14.5. The summed E-state index contributed by atoms with van der Waals surface area (Å²) in [6, 6.07) is 18.2. The molecule has 0 bridgehead atoms. The van der Waals surface area contributed by atoms with Crippen LogP contribution in [-0.2, 0) is 19.5 Å². The molecule has 0 saturated heterocycles. The predicted octanol–water partition coefficient (Wildman–Crippen LogP) is 3.95. The van der Waals surface area contributed by atoms with Crippen molar-refractivity contribution in [1.82, 2.24) is 15.2 Å². The first kappa shape index (κ1) is 21.8. The lowest BCUT2D eigenvalue weighted by atomic mass is 10.1. The van der Waals surface area contributed by atoms with Crippen molar-refractivity contribution in [2.75, 3.05) is 6.54 Å². The van der Waals surface area contributed by atoms with Crippen molar-refractivity contribution in [1.29, 1.82) is 0 Å². The Kier molecular flexibility index (Phi) is 7.85. The van der Waals surface area contributed by atoms with Crippen LogP contribution in [0.3, 0.4) is 0 Å². The van der Waals surface area contributed by atoms with Crippen LogP contribution in [0.1, 0.15) is 34.7 Å². The van der Waals surface area contributed by atoms with Crippen LogP contribution in [0.15, 0.2) is 70.6 Å². The maximum Gasteiger partial charge on any atom is 0.250 e. The van der Waals surface area contributed by atoms with Crippen LogP contribution in [0.25, 0.3) is 0 Å². The number of benzene rings is 1. The molecule has 6 heteroatoms. The van der Waals surface area contributed by atoms with E-state index in [2.05, 4.69) is 67.8 Å². The van der Waals surface area contributed by atoms with E-state index in [-0.39, 0.29) is 5.56 Å². The van der Waals surface area contributed by atoms with Crippen LogP contribution in [0, 0.1) is 6.92 Å². The molecule has 30 heavy (non-hydrogen) atoms. The Morgan fingerprint density at radius 1 is 1.10 bits per heavy atom. The molecule has 1 aromatic carbocycles. The van der Waals surface area contributed by atoms with E-state index in [1.165, 1.54) is 9.75 Å². The number of guanidine groups is 1. The van der Waals surface area contributed by atoms with E-state index >= 15 is 0 Å². The third-order valence-electron chi connectivity index (χ3n) is 4.73. The molecule has 0 aliphatic rings. The van der Waals surface area contributed by atoms with Gasteiger partial charge in [0, 0.05) is 41.0 Å². The fraction of sp³-hybridized carbons (Fsp3) is 0.333. The Labute approximate surface area is 182 Å². The molecule has 2 aromatic heterocycles. The van der Waals surface area contributed by atoms with Gasteiger partial charge in [0.15, 0.2) is 5.96 Å². The van der Waals surface area contributed by atoms with Crippen molar-refractivity contribution < 1.29 is 0 Å². The van der Waals surface area contributed by atoms with Crippen molar-refractivity contribution in [2.24, 2.45) is 4.99 Å². The molecule has 0 spiro atoms. The maximum absolute atomic E-state index is 11.9. The monoisotopic (exact) mass is 422 g/mol. The zero-order valence-corrected chi connectivity index (χ0v) is 18.7. The van der Waals surface area contributed by atoms with E-state index in [0.29, 0.717) is 19.1 Å². The fourth-order valence-corrected chi connectivity index (χ4v) is 4.23. The van der Waals surface area contributed by atoms with E-state index in [0.717, 1.165) is 30.1 Å². The largest absolute Gasteiger partial charge is 0.357 e. The summed E-state index contributed by atoms with van der Waals surface area (Å²) in [4.78, 5) is 19.3. The lowest BCUT2D eigenvalue weighted by Gasteiger charge is -2.17. The van der Waals surface area contributed by atoms with E-state index in [4.69, 9.17) is 4.99 Å². The van der Waals surface area contributed by atoms with Crippen LogP contribution in [0.4, 0.5) is 0 Å². The van der Waals surface area contributed by atoms with E-state index in [9.17, 15) is 4.79 Å². The third kappa shape index (κ3) is 6.59. The molecular weight excluding hydrogens is 392 g/mol. The number of aliphatic imine (C=N–C) groups is 1. The number of nitrogens with zero attached hydrogens (tertiary/aromatic N) is 2. The molecule has 0 saturated carbocycles. The Hall–Kier alpha value is -2.86. The number of thiophene rings is 1. The second kappa shape index (κ2) is 10.8. The van der Waals surface area contributed by atoms with Gasteiger partial charge in [-0.15, -0.1) is 11.3 Å². The third-order valence-corrected chi connectivity index (χ3v) is 5.75. The first-order valence-corrected chi connectivity index (χ1v) is 11.2. The molecule has 3 aromatic rings. The molecule has 0 radical (unpaired) electrons. The summed E-state index contributed by atoms with van der Waals surface area (Å²) >= 11 is 1.85. The van der Waals surface area contributed by atoms with Crippen molar-refractivity contribution in [3.8, 4) is 0 Å². The van der Waals surface area contributed by atoms with E-state index in [1.807, 2.05) is 23.6 Å². The summed E-state index contributed by atoms with van der Waals surface area (Å²) in [5.41, 5.74) is 2.25. The molecule has 0 fully saturated rings. The number of aromatic nitrogens is 1. The predicted molar refractivity (Wildman–Crippen MR) is 126 cm³/mol. The minimum absolute atomic E-state index is 0.0133. The minimum atomic E-state index is 0.0133. The molecular formula is C24H30N4OS. The fourth-order valence-electron chi connectivity index (χ4n) is 3.21. The Morgan fingerprint density at radius 2 is 1.87 bits per heavy atom. The van der Waals surface area contributed by atoms with Crippen molar-refractivity contribution in [3.63, 3.8) is 0 Å². The number of rotatable bonds is 8. The second-order valence-corrected chi connectivity index (χ2v) is 8.81. The normalized spacial score (nSPS) is 12.6. The molecule has 2 N–H and O–H groups in total. The van der Waals surface area contributed by atoms with Crippen LogP contribution in [-0.4, -0.2) is 23.1 Å². The Bertz CT molecular complexity index is 1020. The molecule has 158 valence electrons. The summed E-state index contributed by atoms with van der Waals surface area (Å²) in [6.07, 6.45) is 2.80. The highest BCUT2D eigenvalue weighted by Crippen LogP contribution is 2.16. The standard InChI is InChI=1S/C24H30N4OS/c1-4-25-24(27-18(2)15-22-13-8-19(3)30-22)26-16-20-9-11-21(12-10-20)17-28-14-6-5-7-23(28)29/h5-14,18H,4,15-17H2,1-3H3,(H2,25,26,27). The molecule has 0 amide bonds. The zero-order chi connectivity index (χ0) is 21.3. The Balaban J connectivity index is 1.58. The highest BCUT2D eigenvalue weighted by Gasteiger charge is 2.08. The van der Waals surface area contributed by atoms with Crippen molar-refractivity contribution in [2.45, 2.75) is 46.3 Å². The number of hydrogen-bond acceptors (Lipinski definition) is 3. The lowest BCUT2D eigenvalue weighted by molar-refractivity contribution is 0.645. The lowest BCUT2D eigenvalue weighted by Crippen LogP contribution is -2.43. The summed E-state index contributed by atoms with van der Waals surface area (Å²) in [6.45, 7) is 8.40. The van der Waals surface area contributed by atoms with E-state index in [1.54, 1.807) is 16.7 Å². The van der Waals surface area contributed by atoms with Gasteiger partial charge >= 0.3 is 0 Å². The molecule has 2 heterocycles. The Morgan fingerprint density at radius 3 is 2.53 bits per heavy atom. The SMILES string of the molecule is CCNC(=NCc1ccc(Cn2ccccc2=O)cc1)NC(C)Cc1ccc(C)s1. The van der Waals surface area contributed by atoms with Crippen LogP contribution >= 0.6 is 11.3 Å². The number of aryl methyl sites for hydroxylation is 1. The van der Waals surface area contributed by atoms with Gasteiger partial charge in [0.1, 0.15) is 0 Å². The smallest absolute Gasteiger partial charge is 0.250 e. The van der Waals surface area contributed by atoms with Gasteiger partial charge in [-0.1, -0.05) is 30.3 Å². The highest BCUT2D eigenvalue weighted by molar-refractivity contribution is 7.11. The van der Waals surface area contributed by atoms with Crippen LogP contribution < -0.4 is 16.2 Å². The van der Waals surface area contributed by atoms with Gasteiger partial charge in [0.05, 0.1) is 13.1 Å². The summed E-state index contributed by atoms with van der Waals surface area (Å²) < 4.78 is 1.71. The molecule has 1 unspecified atom stereocenters. The average Bonchev–Trinajstić information content (AvgIpc) is 3.13. The van der Waals surface area contributed by atoms with Gasteiger partial charge in [-0.25, -0.2) is 4.99 Å². The summed E-state index contributed by atoms with van der Waals surface area (Å²) in [7, 11) is 0. The molecule has 1 atom stereocenters. The van der Waals surface area contributed by atoms with Gasteiger partial charge in [-0.05, 0) is 50.1 Å². The maximum atomic E-state index is 11.9. The average molecular weight is 423 g/mol. The van der Waals surface area contributed by atoms with Gasteiger partial charge in [-0.2, -0.15) is 0 Å². The summed E-state index contributed by atoms with van der Waals surface area (Å²) in [5.74, 6) is 0.832. The zero-order valence-electron chi connectivity index (χ0n) is 17.9. The van der Waals surface area contributed by atoms with Gasteiger partial charge in [0.2, 0.25) is 0 Å². The van der Waals surface area contributed by atoms with E-state index < -0.39 is 0 Å².